The predicted molar refractivity (Wildman–Crippen MR) is 100 cm³/mol. The first kappa shape index (κ1) is 19.2. The highest BCUT2D eigenvalue weighted by molar-refractivity contribution is 7.89. The van der Waals surface area contributed by atoms with E-state index in [4.69, 9.17) is 4.74 Å². The SMILES string of the molecule is C=Cc1cc(NC(=O)c2cccc(S(=O)(=O)NC3(C)COC3)c2)ccc1F. The zero-order valence-electron chi connectivity index (χ0n) is 14.7. The van der Waals surface area contributed by atoms with Gasteiger partial charge < -0.3 is 10.1 Å². The van der Waals surface area contributed by atoms with Crippen molar-refractivity contribution in [2.24, 2.45) is 0 Å². The van der Waals surface area contributed by atoms with Gasteiger partial charge in [-0.2, -0.15) is 0 Å². The Hall–Kier alpha value is -2.55. The first-order valence-electron chi connectivity index (χ1n) is 8.18. The molecule has 0 spiro atoms. The van der Waals surface area contributed by atoms with Crippen LogP contribution in [0.5, 0.6) is 0 Å². The van der Waals surface area contributed by atoms with Gasteiger partial charge in [0.25, 0.3) is 5.91 Å². The molecule has 27 heavy (non-hydrogen) atoms. The lowest BCUT2D eigenvalue weighted by Gasteiger charge is -2.38. The zero-order valence-corrected chi connectivity index (χ0v) is 15.5. The smallest absolute Gasteiger partial charge is 0.255 e. The monoisotopic (exact) mass is 390 g/mol. The summed E-state index contributed by atoms with van der Waals surface area (Å²) in [4.78, 5) is 12.4. The van der Waals surface area contributed by atoms with Crippen LogP contribution in [0.4, 0.5) is 10.1 Å². The molecule has 2 aromatic rings. The normalized spacial score (nSPS) is 15.6. The first-order chi connectivity index (χ1) is 12.7. The lowest BCUT2D eigenvalue weighted by atomic mass is 10.0. The van der Waals surface area contributed by atoms with E-state index >= 15 is 0 Å². The third-order valence-electron chi connectivity index (χ3n) is 4.10. The van der Waals surface area contributed by atoms with E-state index in [-0.39, 0.29) is 16.0 Å². The van der Waals surface area contributed by atoms with E-state index in [2.05, 4.69) is 16.6 Å². The second-order valence-electron chi connectivity index (χ2n) is 6.58. The van der Waals surface area contributed by atoms with Crippen LogP contribution < -0.4 is 10.0 Å². The molecule has 0 atom stereocenters. The number of amides is 1. The molecular weight excluding hydrogens is 371 g/mol. The number of anilines is 1. The molecule has 8 heteroatoms. The molecular formula is C19H19FN2O4S. The average Bonchev–Trinajstić information content (AvgIpc) is 2.61. The number of sulfonamides is 1. The maximum atomic E-state index is 13.5. The summed E-state index contributed by atoms with van der Waals surface area (Å²) in [7, 11) is -3.80. The molecule has 0 aliphatic carbocycles. The highest BCUT2D eigenvalue weighted by Gasteiger charge is 2.37. The third-order valence-corrected chi connectivity index (χ3v) is 5.74. The van der Waals surface area contributed by atoms with Gasteiger partial charge in [-0.15, -0.1) is 0 Å². The van der Waals surface area contributed by atoms with Crippen LogP contribution >= 0.6 is 0 Å². The summed E-state index contributed by atoms with van der Waals surface area (Å²) in [6.45, 7) is 5.85. The molecule has 1 fully saturated rings. The molecule has 142 valence electrons. The van der Waals surface area contributed by atoms with Crippen LogP contribution in [0.25, 0.3) is 6.08 Å². The Morgan fingerprint density at radius 1 is 1.26 bits per heavy atom. The van der Waals surface area contributed by atoms with E-state index in [9.17, 15) is 17.6 Å². The molecule has 1 saturated heterocycles. The van der Waals surface area contributed by atoms with E-state index in [0.717, 1.165) is 0 Å². The fourth-order valence-corrected chi connectivity index (χ4v) is 4.06. The van der Waals surface area contributed by atoms with Crippen LogP contribution in [-0.2, 0) is 14.8 Å². The average molecular weight is 390 g/mol. The van der Waals surface area contributed by atoms with Gasteiger partial charge in [0.05, 0.1) is 23.6 Å². The largest absolute Gasteiger partial charge is 0.377 e. The van der Waals surface area contributed by atoms with Gasteiger partial charge in [0.2, 0.25) is 10.0 Å². The summed E-state index contributed by atoms with van der Waals surface area (Å²) in [6, 6.07) is 9.77. The van der Waals surface area contributed by atoms with Gasteiger partial charge in [0.1, 0.15) is 5.82 Å². The molecule has 0 unspecified atom stereocenters. The fourth-order valence-electron chi connectivity index (χ4n) is 2.64. The van der Waals surface area contributed by atoms with Crippen molar-refractivity contribution in [3.8, 4) is 0 Å². The van der Waals surface area contributed by atoms with Gasteiger partial charge >= 0.3 is 0 Å². The molecule has 2 aromatic carbocycles. The number of halogens is 1. The van der Waals surface area contributed by atoms with Gasteiger partial charge in [-0.3, -0.25) is 4.79 Å². The van der Waals surface area contributed by atoms with Crippen molar-refractivity contribution < 1.29 is 22.3 Å². The maximum Gasteiger partial charge on any atom is 0.255 e. The summed E-state index contributed by atoms with van der Waals surface area (Å²) in [6.07, 6.45) is 1.34. The Bertz CT molecular complexity index is 1000. The summed E-state index contributed by atoms with van der Waals surface area (Å²) in [5, 5.41) is 2.62. The minimum Gasteiger partial charge on any atom is -0.377 e. The van der Waals surface area contributed by atoms with Crippen molar-refractivity contribution in [2.75, 3.05) is 18.5 Å². The number of hydrogen-bond donors (Lipinski definition) is 2. The van der Waals surface area contributed by atoms with Gasteiger partial charge in [0, 0.05) is 16.8 Å². The second kappa shape index (κ2) is 7.22. The van der Waals surface area contributed by atoms with Crippen LogP contribution in [0.1, 0.15) is 22.8 Å². The van der Waals surface area contributed by atoms with Crippen molar-refractivity contribution in [1.29, 1.82) is 0 Å². The van der Waals surface area contributed by atoms with Crippen LogP contribution in [0.3, 0.4) is 0 Å². The summed E-state index contributed by atoms with van der Waals surface area (Å²) in [5.74, 6) is -0.956. The highest BCUT2D eigenvalue weighted by Crippen LogP contribution is 2.21. The number of rotatable bonds is 6. The number of benzene rings is 2. The standard InChI is InChI=1S/C19H19FN2O4S/c1-3-13-9-15(7-8-17(13)20)21-18(23)14-5-4-6-16(10-14)27(24,25)22-19(2)11-26-12-19/h3-10,22H,1,11-12H2,2H3,(H,21,23). The molecule has 0 bridgehead atoms. The molecule has 0 aromatic heterocycles. The summed E-state index contributed by atoms with van der Waals surface area (Å²) in [5.41, 5.74) is 0.148. The minimum atomic E-state index is -3.80. The minimum absolute atomic E-state index is 0.0193. The van der Waals surface area contributed by atoms with E-state index in [1.807, 2.05) is 0 Å². The van der Waals surface area contributed by atoms with Crippen LogP contribution in [0.15, 0.2) is 53.9 Å². The Kier molecular flexibility index (Phi) is 5.14. The van der Waals surface area contributed by atoms with Crippen molar-refractivity contribution in [1.82, 2.24) is 4.72 Å². The Balaban J connectivity index is 1.80. The molecule has 1 aliphatic heterocycles. The van der Waals surface area contributed by atoms with E-state index in [1.165, 1.54) is 48.5 Å². The lowest BCUT2D eigenvalue weighted by molar-refractivity contribution is -0.0523. The number of nitrogens with one attached hydrogen (secondary N) is 2. The van der Waals surface area contributed by atoms with Gasteiger partial charge in [0.15, 0.2) is 0 Å². The number of carbonyl (C=O) groups excluding carboxylic acids is 1. The van der Waals surface area contributed by atoms with E-state index < -0.39 is 27.3 Å². The zero-order chi connectivity index (χ0) is 19.7. The Morgan fingerprint density at radius 2 is 2.00 bits per heavy atom. The highest BCUT2D eigenvalue weighted by atomic mass is 32.2. The first-order valence-corrected chi connectivity index (χ1v) is 9.66. The van der Waals surface area contributed by atoms with Gasteiger partial charge in [-0.05, 0) is 43.3 Å². The number of ether oxygens (including phenoxy) is 1. The molecule has 3 rings (SSSR count). The number of carbonyl (C=O) groups is 1. The Morgan fingerprint density at radius 3 is 2.63 bits per heavy atom. The molecule has 1 amide bonds. The van der Waals surface area contributed by atoms with Crippen molar-refractivity contribution >= 4 is 27.7 Å². The molecule has 6 nitrogen and oxygen atoms in total. The number of hydrogen-bond acceptors (Lipinski definition) is 4. The predicted octanol–water partition coefficient (Wildman–Crippen LogP) is 2.79. The van der Waals surface area contributed by atoms with Crippen LogP contribution in [0, 0.1) is 5.82 Å². The topological polar surface area (TPSA) is 84.5 Å². The lowest BCUT2D eigenvalue weighted by Crippen LogP contribution is -2.59. The fraction of sp³-hybridized carbons (Fsp3) is 0.211. The maximum absolute atomic E-state index is 13.5. The van der Waals surface area contributed by atoms with Gasteiger partial charge in [-0.1, -0.05) is 18.7 Å². The van der Waals surface area contributed by atoms with E-state index in [1.54, 1.807) is 6.92 Å². The van der Waals surface area contributed by atoms with Crippen LogP contribution in [-0.4, -0.2) is 33.1 Å². The van der Waals surface area contributed by atoms with Gasteiger partial charge in [-0.25, -0.2) is 17.5 Å². The second-order valence-corrected chi connectivity index (χ2v) is 8.26. The molecule has 0 saturated carbocycles. The van der Waals surface area contributed by atoms with Crippen molar-refractivity contribution in [2.45, 2.75) is 17.4 Å². The Labute approximate surface area is 157 Å². The third kappa shape index (κ3) is 4.24. The molecule has 1 heterocycles. The van der Waals surface area contributed by atoms with Crippen molar-refractivity contribution in [3.63, 3.8) is 0 Å². The summed E-state index contributed by atoms with van der Waals surface area (Å²) < 4.78 is 46.2. The molecule has 0 radical (unpaired) electrons. The van der Waals surface area contributed by atoms with Crippen molar-refractivity contribution in [3.05, 3.63) is 66.0 Å². The molecule has 1 aliphatic rings. The quantitative estimate of drug-likeness (QED) is 0.794. The summed E-state index contributed by atoms with van der Waals surface area (Å²) >= 11 is 0. The van der Waals surface area contributed by atoms with E-state index in [0.29, 0.717) is 18.9 Å². The molecule has 2 N–H and O–H groups in total. The van der Waals surface area contributed by atoms with Crippen LogP contribution in [0.2, 0.25) is 0 Å².